The van der Waals surface area contributed by atoms with Crippen molar-refractivity contribution in [3.8, 4) is 5.75 Å². The second kappa shape index (κ2) is 8.52. The Hall–Kier alpha value is -0.630. The maximum absolute atomic E-state index is 9.15. The van der Waals surface area contributed by atoms with Crippen LogP contribution in [0.15, 0.2) is 12.1 Å². The van der Waals surface area contributed by atoms with E-state index in [0.717, 1.165) is 49.7 Å². The molecule has 0 amide bonds. The molecule has 0 atom stereocenters. The summed E-state index contributed by atoms with van der Waals surface area (Å²) in [5, 5.41) is 0. The molecule has 0 aromatic heterocycles. The van der Waals surface area contributed by atoms with Crippen molar-refractivity contribution in [2.45, 2.75) is 59.3 Å². The minimum atomic E-state index is -2.35. The molecular formula is C15H25O3P. The van der Waals surface area contributed by atoms with Crippen LogP contribution in [0.5, 0.6) is 5.75 Å². The molecule has 0 heterocycles. The lowest BCUT2D eigenvalue weighted by Gasteiger charge is -2.18. The van der Waals surface area contributed by atoms with Gasteiger partial charge in [0.05, 0.1) is 0 Å². The molecule has 0 radical (unpaired) electrons. The number of rotatable bonds is 8. The molecule has 0 unspecified atom stereocenters. The second-order valence-electron chi connectivity index (χ2n) is 4.90. The minimum absolute atomic E-state index is 0.679. The summed E-state index contributed by atoms with van der Waals surface area (Å²) in [5.74, 6) is 0.679. The zero-order valence-corrected chi connectivity index (χ0v) is 13.0. The third-order valence-electron chi connectivity index (χ3n) is 3.31. The Balaban J connectivity index is 3.08. The third-order valence-corrected chi connectivity index (χ3v) is 3.65. The number of unbranched alkanes of at least 4 members (excludes halogenated alkanes) is 2. The van der Waals surface area contributed by atoms with Gasteiger partial charge in [-0.05, 0) is 49.3 Å². The van der Waals surface area contributed by atoms with Crippen molar-refractivity contribution in [3.63, 3.8) is 0 Å². The summed E-state index contributed by atoms with van der Waals surface area (Å²) in [4.78, 5) is 18.3. The first-order valence-corrected chi connectivity index (χ1v) is 8.23. The maximum Gasteiger partial charge on any atom is 0.391 e. The van der Waals surface area contributed by atoms with Gasteiger partial charge in [0, 0.05) is 0 Å². The fourth-order valence-electron chi connectivity index (χ4n) is 2.22. The minimum Gasteiger partial charge on any atom is -0.426 e. The van der Waals surface area contributed by atoms with Gasteiger partial charge < -0.3 is 14.3 Å². The van der Waals surface area contributed by atoms with Crippen LogP contribution in [0.3, 0.4) is 0 Å². The van der Waals surface area contributed by atoms with Crippen LogP contribution in [0.1, 0.15) is 56.2 Å². The molecule has 0 saturated carbocycles. The standard InChI is InChI=1S/C15H25O3P/c1-4-6-8-13-11-10-12(3)15(18-19(16)17)14(13)9-7-5-2/h10-11,16-17H,4-9H2,1-3H3. The highest BCUT2D eigenvalue weighted by atomic mass is 31.2. The highest BCUT2D eigenvalue weighted by Gasteiger charge is 2.15. The van der Waals surface area contributed by atoms with Gasteiger partial charge in [-0.2, -0.15) is 0 Å². The van der Waals surface area contributed by atoms with E-state index in [0.29, 0.717) is 5.75 Å². The summed E-state index contributed by atoms with van der Waals surface area (Å²) in [6.07, 6.45) is 6.48. The molecule has 0 aliphatic carbocycles. The van der Waals surface area contributed by atoms with Gasteiger partial charge in [-0.25, -0.2) is 0 Å². The van der Waals surface area contributed by atoms with Crippen LogP contribution < -0.4 is 4.52 Å². The molecule has 0 spiro atoms. The summed E-state index contributed by atoms with van der Waals surface area (Å²) in [7, 11) is -2.35. The Bertz CT molecular complexity index is 391. The molecule has 0 aliphatic heterocycles. The average molecular weight is 284 g/mol. The lowest BCUT2D eigenvalue weighted by atomic mass is 9.95. The molecule has 2 N–H and O–H groups in total. The second-order valence-corrected chi connectivity index (χ2v) is 5.59. The molecular weight excluding hydrogens is 259 g/mol. The quantitative estimate of drug-likeness (QED) is 0.701. The average Bonchev–Trinajstić information content (AvgIpc) is 2.37. The lowest BCUT2D eigenvalue weighted by Crippen LogP contribution is -2.01. The van der Waals surface area contributed by atoms with Crippen LogP contribution in [0.2, 0.25) is 0 Å². The van der Waals surface area contributed by atoms with E-state index in [-0.39, 0.29) is 0 Å². The first-order valence-electron chi connectivity index (χ1n) is 7.07. The number of aryl methyl sites for hydroxylation is 2. The third kappa shape index (κ3) is 5.10. The molecule has 0 fully saturated rings. The lowest BCUT2D eigenvalue weighted by molar-refractivity contribution is 0.371. The van der Waals surface area contributed by atoms with Crippen LogP contribution in [0.25, 0.3) is 0 Å². The molecule has 0 aliphatic rings. The molecule has 1 aromatic rings. The molecule has 4 heteroatoms. The highest BCUT2D eigenvalue weighted by Crippen LogP contribution is 2.37. The molecule has 3 nitrogen and oxygen atoms in total. The van der Waals surface area contributed by atoms with Crippen molar-refractivity contribution in [3.05, 3.63) is 28.8 Å². The Morgan fingerprint density at radius 2 is 1.68 bits per heavy atom. The number of benzene rings is 1. The van der Waals surface area contributed by atoms with Crippen molar-refractivity contribution >= 4 is 8.60 Å². The van der Waals surface area contributed by atoms with Crippen LogP contribution >= 0.6 is 8.60 Å². The Kier molecular flexibility index (Phi) is 7.37. The SMILES string of the molecule is CCCCc1ccc(C)c(OP(O)O)c1CCCC. The largest absolute Gasteiger partial charge is 0.426 e. The monoisotopic (exact) mass is 284 g/mol. The van der Waals surface area contributed by atoms with E-state index in [1.165, 1.54) is 5.56 Å². The van der Waals surface area contributed by atoms with Gasteiger partial charge in [-0.3, -0.25) is 0 Å². The van der Waals surface area contributed by atoms with Gasteiger partial charge in [-0.1, -0.05) is 38.8 Å². The Morgan fingerprint density at radius 3 is 2.26 bits per heavy atom. The Labute approximate surface area is 117 Å². The van der Waals surface area contributed by atoms with Crippen molar-refractivity contribution in [2.24, 2.45) is 0 Å². The maximum atomic E-state index is 9.15. The molecule has 0 bridgehead atoms. The zero-order chi connectivity index (χ0) is 14.3. The fourth-order valence-corrected chi connectivity index (χ4v) is 2.64. The van der Waals surface area contributed by atoms with E-state index < -0.39 is 8.60 Å². The normalized spacial score (nSPS) is 11.1. The predicted molar refractivity (Wildman–Crippen MR) is 80.4 cm³/mol. The Morgan fingerprint density at radius 1 is 1.05 bits per heavy atom. The predicted octanol–water partition coefficient (Wildman–Crippen LogP) is 4.27. The molecule has 108 valence electrons. The molecule has 1 aromatic carbocycles. The fraction of sp³-hybridized carbons (Fsp3) is 0.600. The molecule has 19 heavy (non-hydrogen) atoms. The number of hydrogen-bond acceptors (Lipinski definition) is 3. The van der Waals surface area contributed by atoms with Crippen molar-refractivity contribution in [2.75, 3.05) is 0 Å². The van der Waals surface area contributed by atoms with Crippen LogP contribution in [-0.2, 0) is 12.8 Å². The van der Waals surface area contributed by atoms with Gasteiger partial charge in [0.1, 0.15) is 5.75 Å². The van der Waals surface area contributed by atoms with Crippen LogP contribution in [0.4, 0.5) is 0 Å². The van der Waals surface area contributed by atoms with Crippen LogP contribution in [-0.4, -0.2) is 9.79 Å². The van der Waals surface area contributed by atoms with Crippen molar-refractivity contribution in [1.29, 1.82) is 0 Å². The van der Waals surface area contributed by atoms with Crippen molar-refractivity contribution < 1.29 is 14.3 Å². The number of hydrogen-bond donors (Lipinski definition) is 2. The van der Waals surface area contributed by atoms with E-state index in [2.05, 4.69) is 19.9 Å². The van der Waals surface area contributed by atoms with Gasteiger partial charge in [0.15, 0.2) is 0 Å². The highest BCUT2D eigenvalue weighted by molar-refractivity contribution is 7.39. The van der Waals surface area contributed by atoms with Crippen molar-refractivity contribution in [1.82, 2.24) is 0 Å². The van der Waals surface area contributed by atoms with E-state index in [1.807, 2.05) is 13.0 Å². The van der Waals surface area contributed by atoms with Gasteiger partial charge in [-0.15, -0.1) is 0 Å². The summed E-state index contributed by atoms with van der Waals surface area (Å²) in [6, 6.07) is 4.16. The zero-order valence-electron chi connectivity index (χ0n) is 12.1. The first kappa shape index (κ1) is 16.4. The van der Waals surface area contributed by atoms with Gasteiger partial charge in [0.2, 0.25) is 0 Å². The van der Waals surface area contributed by atoms with E-state index in [9.17, 15) is 0 Å². The topological polar surface area (TPSA) is 49.7 Å². The smallest absolute Gasteiger partial charge is 0.391 e. The summed E-state index contributed by atoms with van der Waals surface area (Å²) >= 11 is 0. The summed E-state index contributed by atoms with van der Waals surface area (Å²) in [5.41, 5.74) is 3.42. The summed E-state index contributed by atoms with van der Waals surface area (Å²) in [6.45, 7) is 6.29. The van der Waals surface area contributed by atoms with E-state index in [1.54, 1.807) is 0 Å². The van der Waals surface area contributed by atoms with E-state index >= 15 is 0 Å². The summed E-state index contributed by atoms with van der Waals surface area (Å²) < 4.78 is 5.27. The van der Waals surface area contributed by atoms with Gasteiger partial charge >= 0.3 is 8.60 Å². The molecule has 0 saturated heterocycles. The molecule has 1 rings (SSSR count). The van der Waals surface area contributed by atoms with E-state index in [4.69, 9.17) is 14.3 Å². The van der Waals surface area contributed by atoms with Crippen LogP contribution in [0, 0.1) is 6.92 Å². The van der Waals surface area contributed by atoms with Gasteiger partial charge in [0.25, 0.3) is 0 Å². The first-order chi connectivity index (χ1) is 9.10.